The lowest BCUT2D eigenvalue weighted by Crippen LogP contribution is -2.48. The normalized spacial score (nSPS) is 19.2. The minimum Gasteiger partial charge on any atom is -0.439 e. The topological polar surface area (TPSA) is 76.7 Å². The van der Waals surface area contributed by atoms with Crippen molar-refractivity contribution < 1.29 is 9.66 Å². The fourth-order valence-electron chi connectivity index (χ4n) is 4.31. The van der Waals surface area contributed by atoms with Gasteiger partial charge in [0, 0.05) is 44.3 Å². The zero-order valence-corrected chi connectivity index (χ0v) is 17.3. The third-order valence-corrected chi connectivity index (χ3v) is 5.98. The predicted molar refractivity (Wildman–Crippen MR) is 117 cm³/mol. The van der Waals surface area contributed by atoms with Gasteiger partial charge in [-0.1, -0.05) is 54.6 Å². The van der Waals surface area contributed by atoms with E-state index < -0.39 is 4.92 Å². The maximum Gasteiger partial charge on any atom is 0.414 e. The van der Waals surface area contributed by atoms with Crippen LogP contribution in [0.2, 0.25) is 0 Å². The fourth-order valence-corrected chi connectivity index (χ4v) is 4.31. The molecule has 31 heavy (non-hydrogen) atoms. The van der Waals surface area contributed by atoms with Gasteiger partial charge in [0.25, 0.3) is 0 Å². The van der Waals surface area contributed by atoms with Gasteiger partial charge < -0.3 is 14.9 Å². The lowest BCUT2D eigenvalue weighted by molar-refractivity contribution is -0.389. The summed E-state index contributed by atoms with van der Waals surface area (Å²) in [7, 11) is 0. The van der Waals surface area contributed by atoms with Crippen LogP contribution in [-0.2, 0) is 13.1 Å². The molecule has 1 fully saturated rings. The van der Waals surface area contributed by atoms with Crippen LogP contribution in [0.5, 0.6) is 6.01 Å². The van der Waals surface area contributed by atoms with E-state index in [9.17, 15) is 10.1 Å². The van der Waals surface area contributed by atoms with Crippen LogP contribution in [0.1, 0.15) is 5.56 Å². The number of rotatable bonds is 6. The summed E-state index contributed by atoms with van der Waals surface area (Å²) in [4.78, 5) is 19.1. The third kappa shape index (κ3) is 4.45. The highest BCUT2D eigenvalue weighted by Crippen LogP contribution is 2.25. The Kier molecular flexibility index (Phi) is 5.40. The first-order valence-corrected chi connectivity index (χ1v) is 10.6. The van der Waals surface area contributed by atoms with Crippen molar-refractivity contribution >= 4 is 5.82 Å². The van der Waals surface area contributed by atoms with E-state index in [1.54, 1.807) is 4.57 Å². The molecule has 2 aliphatic heterocycles. The fraction of sp³-hybridized carbons (Fsp3) is 0.348. The molecular formula is C23H25N5O3. The summed E-state index contributed by atoms with van der Waals surface area (Å²) in [5.74, 6) is -0.154. The molecule has 5 rings (SSSR count). The van der Waals surface area contributed by atoms with Gasteiger partial charge in [0.1, 0.15) is 12.3 Å². The van der Waals surface area contributed by atoms with E-state index in [0.717, 1.165) is 39.3 Å². The average molecular weight is 419 g/mol. The van der Waals surface area contributed by atoms with E-state index in [1.165, 1.54) is 22.9 Å². The lowest BCUT2D eigenvalue weighted by Gasteiger charge is -2.35. The molecule has 8 heteroatoms. The van der Waals surface area contributed by atoms with Crippen molar-refractivity contribution in [1.29, 1.82) is 0 Å². The molecule has 0 unspecified atom stereocenters. The van der Waals surface area contributed by atoms with Crippen molar-refractivity contribution in [3.05, 3.63) is 76.5 Å². The maximum atomic E-state index is 10.8. The lowest BCUT2D eigenvalue weighted by atomic mass is 10.0. The van der Waals surface area contributed by atoms with Gasteiger partial charge in [0.05, 0.1) is 6.54 Å². The molecule has 0 bridgehead atoms. The Labute approximate surface area is 180 Å². The average Bonchev–Trinajstić information content (AvgIpc) is 3.35. The molecule has 1 atom stereocenters. The number of nitrogens with zero attached hydrogens (tertiary/aromatic N) is 5. The summed E-state index contributed by atoms with van der Waals surface area (Å²) in [6.45, 7) is 6.41. The first-order chi connectivity index (χ1) is 15.1. The molecule has 3 heterocycles. The van der Waals surface area contributed by atoms with E-state index in [-0.39, 0.29) is 11.9 Å². The summed E-state index contributed by atoms with van der Waals surface area (Å²) >= 11 is 0. The van der Waals surface area contributed by atoms with Crippen molar-refractivity contribution in [3.8, 4) is 17.1 Å². The number of benzene rings is 2. The Hall–Kier alpha value is -3.23. The van der Waals surface area contributed by atoms with Gasteiger partial charge in [-0.2, -0.15) is 0 Å². The molecule has 0 spiro atoms. The smallest absolute Gasteiger partial charge is 0.414 e. The molecule has 0 amide bonds. The molecule has 0 saturated carbocycles. The number of fused-ring (bicyclic) bond motifs is 1. The molecule has 3 aromatic rings. The number of piperazine rings is 1. The van der Waals surface area contributed by atoms with Gasteiger partial charge in [-0.15, -0.1) is 0 Å². The second kappa shape index (κ2) is 8.49. The first kappa shape index (κ1) is 19.7. The van der Waals surface area contributed by atoms with Crippen LogP contribution in [0, 0.1) is 10.1 Å². The van der Waals surface area contributed by atoms with E-state index in [4.69, 9.17) is 4.74 Å². The van der Waals surface area contributed by atoms with Gasteiger partial charge in [0.2, 0.25) is 0 Å². The standard InChI is InChI=1S/C23H25N5O3/c29-28(30)22-17-27-16-21(31-23(27)24-22)15-26-12-10-25(11-13-26)14-18-6-8-20(9-7-18)19-4-2-1-3-5-19/h1-9,17,21H,10-16H2/t21-/m1/s1. The monoisotopic (exact) mass is 419 g/mol. The van der Waals surface area contributed by atoms with Crippen LogP contribution in [0.3, 0.4) is 0 Å². The van der Waals surface area contributed by atoms with Crippen LogP contribution in [0.25, 0.3) is 11.1 Å². The van der Waals surface area contributed by atoms with Crippen molar-refractivity contribution in [3.63, 3.8) is 0 Å². The zero-order valence-electron chi connectivity index (χ0n) is 17.3. The highest BCUT2D eigenvalue weighted by atomic mass is 16.6. The summed E-state index contributed by atoms with van der Waals surface area (Å²) in [6, 6.07) is 19.6. The Balaban J connectivity index is 1.09. The van der Waals surface area contributed by atoms with Crippen molar-refractivity contribution in [2.24, 2.45) is 0 Å². The van der Waals surface area contributed by atoms with Crippen molar-refractivity contribution in [2.75, 3.05) is 32.7 Å². The Bertz CT molecular complexity index is 1020. The van der Waals surface area contributed by atoms with Crippen LogP contribution in [-0.4, -0.2) is 63.1 Å². The number of nitro groups is 1. The van der Waals surface area contributed by atoms with Crippen molar-refractivity contribution in [1.82, 2.24) is 19.4 Å². The molecule has 0 N–H and O–H groups in total. The predicted octanol–water partition coefficient (Wildman–Crippen LogP) is 3.04. The molecule has 0 aliphatic carbocycles. The Morgan fingerprint density at radius 3 is 2.32 bits per heavy atom. The number of hydrogen-bond acceptors (Lipinski definition) is 6. The number of imidazole rings is 1. The van der Waals surface area contributed by atoms with Gasteiger partial charge in [-0.25, -0.2) is 0 Å². The molecule has 1 saturated heterocycles. The largest absolute Gasteiger partial charge is 0.439 e. The molecule has 8 nitrogen and oxygen atoms in total. The summed E-state index contributed by atoms with van der Waals surface area (Å²) < 4.78 is 7.54. The molecule has 160 valence electrons. The SMILES string of the molecule is O=[N+]([O-])c1cn2c(n1)O[C@H](CN1CCN(Cc3ccc(-c4ccccc4)cc3)CC1)C2. The minimum absolute atomic E-state index is 0.000356. The van der Waals surface area contributed by atoms with Crippen LogP contribution >= 0.6 is 0 Å². The van der Waals surface area contributed by atoms with E-state index in [0.29, 0.717) is 12.6 Å². The van der Waals surface area contributed by atoms with Gasteiger partial charge in [-0.3, -0.25) is 14.4 Å². The van der Waals surface area contributed by atoms with E-state index in [1.807, 2.05) is 6.07 Å². The number of ether oxygens (including phenoxy) is 1. The number of hydrogen-bond donors (Lipinski definition) is 0. The quantitative estimate of drug-likeness (QED) is 0.452. The molecule has 2 aliphatic rings. The second-order valence-corrected chi connectivity index (χ2v) is 8.17. The summed E-state index contributed by atoms with van der Waals surface area (Å²) in [5, 5.41) is 10.8. The number of aromatic nitrogens is 2. The molecule has 2 aromatic carbocycles. The van der Waals surface area contributed by atoms with Crippen LogP contribution in [0.4, 0.5) is 5.82 Å². The van der Waals surface area contributed by atoms with Crippen LogP contribution < -0.4 is 4.74 Å². The Morgan fingerprint density at radius 1 is 0.968 bits per heavy atom. The maximum absolute atomic E-state index is 10.8. The van der Waals surface area contributed by atoms with Gasteiger partial charge in [0.15, 0.2) is 0 Å². The van der Waals surface area contributed by atoms with Crippen LogP contribution in [0.15, 0.2) is 60.8 Å². The van der Waals surface area contributed by atoms with Gasteiger partial charge >= 0.3 is 11.8 Å². The highest BCUT2D eigenvalue weighted by Gasteiger charge is 2.32. The molecule has 1 aromatic heterocycles. The summed E-state index contributed by atoms with van der Waals surface area (Å²) in [5.41, 5.74) is 3.82. The van der Waals surface area contributed by atoms with Crippen molar-refractivity contribution in [2.45, 2.75) is 19.2 Å². The minimum atomic E-state index is -0.488. The van der Waals surface area contributed by atoms with E-state index in [2.05, 4.69) is 63.3 Å². The zero-order chi connectivity index (χ0) is 21.2. The highest BCUT2D eigenvalue weighted by molar-refractivity contribution is 5.63. The second-order valence-electron chi connectivity index (χ2n) is 8.17. The Morgan fingerprint density at radius 2 is 1.65 bits per heavy atom. The van der Waals surface area contributed by atoms with Gasteiger partial charge in [-0.05, 0) is 21.6 Å². The third-order valence-electron chi connectivity index (χ3n) is 5.98. The first-order valence-electron chi connectivity index (χ1n) is 10.6. The molecular weight excluding hydrogens is 394 g/mol. The molecule has 0 radical (unpaired) electrons. The summed E-state index contributed by atoms with van der Waals surface area (Å²) in [6.07, 6.45) is 1.46. The van der Waals surface area contributed by atoms with E-state index >= 15 is 0 Å².